The van der Waals surface area contributed by atoms with Crippen molar-refractivity contribution in [2.75, 3.05) is 11.9 Å². The third kappa shape index (κ3) is 4.54. The Labute approximate surface area is 199 Å². The van der Waals surface area contributed by atoms with E-state index >= 15 is 0 Å². The molecule has 0 aliphatic carbocycles. The highest BCUT2D eigenvalue weighted by molar-refractivity contribution is 7.18. The molecule has 0 amide bonds. The fourth-order valence-electron chi connectivity index (χ4n) is 3.73. The van der Waals surface area contributed by atoms with E-state index in [0.717, 1.165) is 34.0 Å². The van der Waals surface area contributed by atoms with E-state index < -0.39 is 5.82 Å². The van der Waals surface area contributed by atoms with Crippen molar-refractivity contribution in [1.82, 2.24) is 15.0 Å². The van der Waals surface area contributed by atoms with E-state index in [9.17, 15) is 4.39 Å². The van der Waals surface area contributed by atoms with Crippen molar-refractivity contribution in [3.63, 3.8) is 0 Å². The number of nitrogens with zero attached hydrogens (tertiary/aromatic N) is 3. The van der Waals surface area contributed by atoms with Gasteiger partial charge in [0.1, 0.15) is 11.6 Å². The smallest absolute Gasteiger partial charge is 0.165 e. The van der Waals surface area contributed by atoms with E-state index in [4.69, 9.17) is 20.9 Å². The molecule has 9 heteroatoms. The van der Waals surface area contributed by atoms with Crippen LogP contribution in [0.15, 0.2) is 70.9 Å². The van der Waals surface area contributed by atoms with E-state index in [2.05, 4.69) is 27.4 Å². The van der Waals surface area contributed by atoms with E-state index in [1.165, 1.54) is 17.5 Å². The highest BCUT2D eigenvalue weighted by Gasteiger charge is 2.19. The average Bonchev–Trinajstić information content (AvgIpc) is 3.50. The Morgan fingerprint density at radius 3 is 2.71 bits per heavy atom. The van der Waals surface area contributed by atoms with Crippen molar-refractivity contribution < 1.29 is 8.81 Å². The van der Waals surface area contributed by atoms with Gasteiger partial charge in [-0.15, -0.1) is 11.3 Å². The maximum Gasteiger partial charge on any atom is 0.165 e. The number of anilines is 1. The summed E-state index contributed by atoms with van der Waals surface area (Å²) in [4.78, 5) is 13.2. The fourth-order valence-corrected chi connectivity index (χ4v) is 4.69. The Bertz CT molecular complexity index is 1420. The third-order valence-corrected chi connectivity index (χ3v) is 6.43. The summed E-state index contributed by atoms with van der Waals surface area (Å²) in [6, 6.07) is 13.4. The van der Waals surface area contributed by atoms with E-state index in [1.807, 2.05) is 29.6 Å². The Morgan fingerprint density at radius 2 is 1.94 bits per heavy atom. The second-order valence-corrected chi connectivity index (χ2v) is 8.81. The van der Waals surface area contributed by atoms with Gasteiger partial charge in [0.25, 0.3) is 0 Å². The molecule has 5 rings (SSSR count). The van der Waals surface area contributed by atoms with E-state index in [-0.39, 0.29) is 17.4 Å². The van der Waals surface area contributed by atoms with Gasteiger partial charge >= 0.3 is 0 Å². The third-order valence-electron chi connectivity index (χ3n) is 5.46. The molecule has 4 aromatic heterocycles. The molecule has 0 spiro atoms. The lowest BCUT2D eigenvalue weighted by Gasteiger charge is -2.14. The zero-order valence-electron chi connectivity index (χ0n) is 18.2. The van der Waals surface area contributed by atoms with Gasteiger partial charge in [-0.2, -0.15) is 0 Å². The van der Waals surface area contributed by atoms with Crippen LogP contribution in [0.4, 0.5) is 10.2 Å². The van der Waals surface area contributed by atoms with Crippen LogP contribution in [0.25, 0.3) is 32.9 Å². The molecule has 5 N–H and O–H groups in total. The van der Waals surface area contributed by atoms with Gasteiger partial charge in [0.2, 0.25) is 0 Å². The lowest BCUT2D eigenvalue weighted by Crippen LogP contribution is -2.31. The monoisotopic (exact) mass is 474 g/mol. The Kier molecular flexibility index (Phi) is 6.31. The molecule has 1 aromatic carbocycles. The predicted octanol–water partition coefficient (Wildman–Crippen LogP) is 4.59. The molecule has 5 aromatic rings. The number of hydrogen-bond donors (Lipinski definition) is 3. The first kappa shape index (κ1) is 22.1. The SMILES string of the molecule is NCc1coc(-c2csc3c(NC[C@@H](N)Cc4ccccc4)nc(-c4ccncc4F)nc23)c1. The van der Waals surface area contributed by atoms with Crippen molar-refractivity contribution >= 4 is 27.4 Å². The molecule has 7 nitrogen and oxygen atoms in total. The van der Waals surface area contributed by atoms with Crippen molar-refractivity contribution in [2.24, 2.45) is 11.5 Å². The van der Waals surface area contributed by atoms with Crippen LogP contribution in [0.2, 0.25) is 0 Å². The van der Waals surface area contributed by atoms with Crippen LogP contribution in [0.1, 0.15) is 11.1 Å². The molecule has 0 bridgehead atoms. The zero-order valence-corrected chi connectivity index (χ0v) is 19.1. The van der Waals surface area contributed by atoms with Gasteiger partial charge in [0.05, 0.1) is 33.8 Å². The first-order valence-corrected chi connectivity index (χ1v) is 11.7. The number of aromatic nitrogens is 3. The van der Waals surface area contributed by atoms with Gasteiger partial charge in [0, 0.05) is 36.3 Å². The van der Waals surface area contributed by atoms with Crippen LogP contribution >= 0.6 is 11.3 Å². The molecular weight excluding hydrogens is 451 g/mol. The van der Waals surface area contributed by atoms with Crippen molar-refractivity contribution in [1.29, 1.82) is 0 Å². The molecule has 172 valence electrons. The van der Waals surface area contributed by atoms with Gasteiger partial charge in [-0.3, -0.25) is 4.98 Å². The molecule has 34 heavy (non-hydrogen) atoms. The molecule has 0 fully saturated rings. The maximum atomic E-state index is 14.5. The van der Waals surface area contributed by atoms with Gasteiger partial charge in [-0.1, -0.05) is 30.3 Å². The summed E-state index contributed by atoms with van der Waals surface area (Å²) in [5, 5.41) is 5.32. The molecule has 0 aliphatic rings. The first-order valence-electron chi connectivity index (χ1n) is 10.8. The van der Waals surface area contributed by atoms with Crippen molar-refractivity contribution in [3.8, 4) is 22.7 Å². The molecule has 0 aliphatic heterocycles. The quantitative estimate of drug-likeness (QED) is 0.301. The van der Waals surface area contributed by atoms with E-state index in [1.54, 1.807) is 12.3 Å². The number of nitrogens with two attached hydrogens (primary N) is 2. The summed E-state index contributed by atoms with van der Waals surface area (Å²) in [7, 11) is 0. The predicted molar refractivity (Wildman–Crippen MR) is 133 cm³/mol. The van der Waals surface area contributed by atoms with Crippen molar-refractivity contribution in [2.45, 2.75) is 19.0 Å². The summed E-state index contributed by atoms with van der Waals surface area (Å²) in [6.45, 7) is 0.866. The number of furan rings is 1. The molecule has 0 radical (unpaired) electrons. The highest BCUT2D eigenvalue weighted by atomic mass is 32.1. The summed E-state index contributed by atoms with van der Waals surface area (Å²) in [5.74, 6) is 1.02. The van der Waals surface area contributed by atoms with Gasteiger partial charge in [-0.05, 0) is 24.1 Å². The molecule has 0 saturated carbocycles. The van der Waals surface area contributed by atoms with Gasteiger partial charge < -0.3 is 21.2 Å². The number of nitrogens with one attached hydrogen (secondary N) is 1. The minimum absolute atomic E-state index is 0.134. The molecule has 1 atom stereocenters. The molecular formula is C25H23FN6OS. The standard InChI is InChI=1S/C25H23FN6OS/c26-20-12-29-7-6-18(20)24-31-22-19(21-9-16(10-27)13-33-21)14-34-23(22)25(32-24)30-11-17(28)8-15-4-2-1-3-5-15/h1-7,9,12-14,17H,8,10-11,27-28H2,(H,30,31,32)/t17-/m0/s1. The first-order chi connectivity index (χ1) is 16.6. The average molecular weight is 475 g/mol. The lowest BCUT2D eigenvalue weighted by molar-refractivity contribution is 0.579. The van der Waals surface area contributed by atoms with Crippen LogP contribution in [0.5, 0.6) is 0 Å². The largest absolute Gasteiger partial charge is 0.464 e. The number of thiophene rings is 1. The Balaban J connectivity index is 1.52. The second-order valence-electron chi connectivity index (χ2n) is 7.93. The Morgan fingerprint density at radius 1 is 1.09 bits per heavy atom. The fraction of sp³-hybridized carbons (Fsp3) is 0.160. The number of rotatable bonds is 8. The Hall–Kier alpha value is -3.66. The zero-order chi connectivity index (χ0) is 23.5. The number of fused-ring (bicyclic) bond motifs is 1. The topological polar surface area (TPSA) is 116 Å². The highest BCUT2D eigenvalue weighted by Crippen LogP contribution is 2.38. The number of pyridine rings is 1. The van der Waals surface area contributed by atoms with Gasteiger partial charge in [-0.25, -0.2) is 14.4 Å². The summed E-state index contributed by atoms with van der Waals surface area (Å²) in [5.41, 5.74) is 15.9. The number of halogens is 1. The van der Waals surface area contributed by atoms with Crippen molar-refractivity contribution in [3.05, 3.63) is 83.4 Å². The minimum Gasteiger partial charge on any atom is -0.464 e. The summed E-state index contributed by atoms with van der Waals surface area (Å²) in [6.07, 6.45) is 5.02. The molecule has 0 unspecified atom stereocenters. The van der Waals surface area contributed by atoms with Crippen LogP contribution in [0.3, 0.4) is 0 Å². The number of hydrogen-bond acceptors (Lipinski definition) is 8. The summed E-state index contributed by atoms with van der Waals surface area (Å²) >= 11 is 1.49. The molecule has 0 saturated heterocycles. The lowest BCUT2D eigenvalue weighted by atomic mass is 10.1. The van der Waals surface area contributed by atoms with Gasteiger partial charge in [0.15, 0.2) is 11.6 Å². The van der Waals surface area contributed by atoms with Crippen LogP contribution in [-0.4, -0.2) is 27.5 Å². The second kappa shape index (κ2) is 9.68. The summed E-state index contributed by atoms with van der Waals surface area (Å²) < 4.78 is 21.1. The minimum atomic E-state index is -0.492. The normalized spacial score (nSPS) is 12.2. The van der Waals surface area contributed by atoms with Crippen LogP contribution < -0.4 is 16.8 Å². The number of benzene rings is 1. The molecule has 4 heterocycles. The van der Waals surface area contributed by atoms with E-state index in [0.29, 0.717) is 30.2 Å². The van der Waals surface area contributed by atoms with Crippen LogP contribution in [-0.2, 0) is 13.0 Å². The maximum absolute atomic E-state index is 14.5. The van der Waals surface area contributed by atoms with Crippen LogP contribution in [0, 0.1) is 5.82 Å².